The minimum absolute atomic E-state index is 0.214. The molecule has 0 saturated carbocycles. The van der Waals surface area contributed by atoms with Crippen LogP contribution in [-0.4, -0.2) is 24.2 Å². The number of rotatable bonds is 5. The van der Waals surface area contributed by atoms with Crippen LogP contribution in [0.3, 0.4) is 0 Å². The lowest BCUT2D eigenvalue weighted by Crippen LogP contribution is -2.22. The van der Waals surface area contributed by atoms with Gasteiger partial charge < -0.3 is 9.47 Å². The van der Waals surface area contributed by atoms with Crippen LogP contribution in [0.15, 0.2) is 76.5 Å². The SMILES string of the molecule is CC(C)(C)Oc1ccc(-c2cccc(S)c2-c2ccc(OC(C)(C)C)cc2)cc1.O=S(=O)(O)c1c(F)c(F)c(F)c(F)c1F. The third-order valence-electron chi connectivity index (χ3n) is 5.63. The highest BCUT2D eigenvalue weighted by Gasteiger charge is 2.32. The maximum atomic E-state index is 12.6. The minimum atomic E-state index is -5.52. The molecule has 5 nitrogen and oxygen atoms in total. The molecule has 0 spiro atoms. The van der Waals surface area contributed by atoms with Crippen molar-refractivity contribution in [3.8, 4) is 33.8 Å². The van der Waals surface area contributed by atoms with E-state index in [2.05, 4.69) is 71.9 Å². The van der Waals surface area contributed by atoms with E-state index in [0.717, 1.165) is 38.6 Å². The predicted octanol–water partition coefficient (Wildman–Crippen LogP) is 9.29. The Hall–Kier alpha value is -3.61. The lowest BCUT2D eigenvalue weighted by Gasteiger charge is -2.22. The lowest BCUT2D eigenvalue weighted by molar-refractivity contribution is 0.130. The first kappa shape index (κ1) is 34.9. The summed E-state index contributed by atoms with van der Waals surface area (Å²) >= 11 is 4.74. The maximum absolute atomic E-state index is 12.6. The quantitative estimate of drug-likeness (QED) is 0.0738. The van der Waals surface area contributed by atoms with Gasteiger partial charge >= 0.3 is 10.1 Å². The topological polar surface area (TPSA) is 72.8 Å². The molecular weight excluding hydrogens is 623 g/mol. The van der Waals surface area contributed by atoms with E-state index in [1.807, 2.05) is 36.4 Å². The normalized spacial score (nSPS) is 11.9. The van der Waals surface area contributed by atoms with Gasteiger partial charge in [0, 0.05) is 10.5 Å². The van der Waals surface area contributed by atoms with Crippen LogP contribution in [0.5, 0.6) is 11.5 Å². The van der Waals surface area contributed by atoms with E-state index in [4.69, 9.17) is 26.7 Å². The fourth-order valence-electron chi connectivity index (χ4n) is 3.99. The molecule has 0 heterocycles. The number of thiol groups is 1. The highest BCUT2D eigenvalue weighted by atomic mass is 32.2. The number of hydrogen-bond donors (Lipinski definition) is 2. The largest absolute Gasteiger partial charge is 0.488 e. The average molecular weight is 655 g/mol. The molecule has 0 aliphatic carbocycles. The monoisotopic (exact) mass is 654 g/mol. The van der Waals surface area contributed by atoms with Crippen LogP contribution in [0.2, 0.25) is 0 Å². The van der Waals surface area contributed by atoms with Crippen LogP contribution in [0, 0.1) is 29.1 Å². The van der Waals surface area contributed by atoms with Crippen molar-refractivity contribution in [1.29, 1.82) is 0 Å². The second-order valence-corrected chi connectivity index (χ2v) is 13.4. The Morgan fingerprint density at radius 3 is 1.39 bits per heavy atom. The molecule has 0 aliphatic heterocycles. The van der Waals surface area contributed by atoms with Crippen LogP contribution in [-0.2, 0) is 10.1 Å². The van der Waals surface area contributed by atoms with Crippen molar-refractivity contribution in [2.45, 2.75) is 62.5 Å². The van der Waals surface area contributed by atoms with Gasteiger partial charge in [0.15, 0.2) is 28.2 Å². The van der Waals surface area contributed by atoms with Crippen LogP contribution in [0.25, 0.3) is 22.3 Å². The number of halogens is 5. The fourth-order valence-corrected chi connectivity index (χ4v) is 4.96. The first-order valence-corrected chi connectivity index (χ1v) is 15.0. The Kier molecular flexibility index (Phi) is 10.4. The first-order valence-electron chi connectivity index (χ1n) is 13.1. The maximum Gasteiger partial charge on any atom is 0.300 e. The molecule has 1 N–H and O–H groups in total. The van der Waals surface area contributed by atoms with E-state index in [1.165, 1.54) is 0 Å². The minimum Gasteiger partial charge on any atom is -0.488 e. The lowest BCUT2D eigenvalue weighted by atomic mass is 9.94. The van der Waals surface area contributed by atoms with E-state index in [-0.39, 0.29) is 11.2 Å². The van der Waals surface area contributed by atoms with Gasteiger partial charge in [0.25, 0.3) is 0 Å². The summed E-state index contributed by atoms with van der Waals surface area (Å²) in [5.41, 5.74) is 4.07. The Morgan fingerprint density at radius 2 is 1.00 bits per heavy atom. The van der Waals surface area contributed by atoms with Gasteiger partial charge in [0.2, 0.25) is 5.82 Å². The summed E-state index contributed by atoms with van der Waals surface area (Å²) in [6.07, 6.45) is 0. The van der Waals surface area contributed by atoms with Crippen LogP contribution < -0.4 is 9.47 Å². The van der Waals surface area contributed by atoms with Crippen LogP contribution in [0.1, 0.15) is 41.5 Å². The molecule has 0 saturated heterocycles. The van der Waals surface area contributed by atoms with Gasteiger partial charge in [-0.15, -0.1) is 12.6 Å². The fraction of sp³-hybridized carbons (Fsp3) is 0.250. The summed E-state index contributed by atoms with van der Waals surface area (Å²) in [4.78, 5) is -1.32. The van der Waals surface area contributed by atoms with Crippen molar-refractivity contribution in [1.82, 2.24) is 0 Å². The zero-order valence-electron chi connectivity index (χ0n) is 24.7. The second kappa shape index (κ2) is 13.2. The molecule has 4 rings (SSSR count). The van der Waals surface area contributed by atoms with E-state index in [1.54, 1.807) is 0 Å². The molecule has 44 heavy (non-hydrogen) atoms. The summed E-state index contributed by atoms with van der Waals surface area (Å²) in [5, 5.41) is 0. The summed E-state index contributed by atoms with van der Waals surface area (Å²) in [5.74, 6) is -10.9. The Labute approximate surface area is 258 Å². The molecule has 4 aromatic carbocycles. The summed E-state index contributed by atoms with van der Waals surface area (Å²) in [6, 6.07) is 22.7. The molecule has 0 amide bonds. The molecule has 0 fully saturated rings. The van der Waals surface area contributed by atoms with Gasteiger partial charge in [-0.1, -0.05) is 36.4 Å². The molecule has 12 heteroatoms. The number of benzene rings is 4. The third kappa shape index (κ3) is 8.73. The molecule has 236 valence electrons. The van der Waals surface area contributed by atoms with Crippen LogP contribution in [0.4, 0.5) is 22.0 Å². The molecule has 0 radical (unpaired) electrons. The molecule has 0 atom stereocenters. The Morgan fingerprint density at radius 1 is 0.614 bits per heavy atom. The Balaban J connectivity index is 0.000000297. The van der Waals surface area contributed by atoms with Gasteiger partial charge in [-0.2, -0.15) is 8.42 Å². The van der Waals surface area contributed by atoms with Crippen LogP contribution >= 0.6 is 12.6 Å². The average Bonchev–Trinajstić information content (AvgIpc) is 2.90. The smallest absolute Gasteiger partial charge is 0.300 e. The van der Waals surface area contributed by atoms with Gasteiger partial charge in [0.05, 0.1) is 0 Å². The van der Waals surface area contributed by atoms with E-state index < -0.39 is 44.1 Å². The predicted molar refractivity (Wildman–Crippen MR) is 161 cm³/mol. The second-order valence-electron chi connectivity index (χ2n) is 11.6. The van der Waals surface area contributed by atoms with Crippen molar-refractivity contribution in [2.24, 2.45) is 0 Å². The van der Waals surface area contributed by atoms with Crippen molar-refractivity contribution in [3.05, 3.63) is 95.8 Å². The molecule has 0 aliphatic rings. The molecule has 0 aromatic heterocycles. The molecule has 4 aromatic rings. The van der Waals surface area contributed by atoms with Gasteiger partial charge in [-0.25, -0.2) is 22.0 Å². The zero-order valence-corrected chi connectivity index (χ0v) is 26.4. The van der Waals surface area contributed by atoms with Gasteiger partial charge in [-0.05, 0) is 88.6 Å². The van der Waals surface area contributed by atoms with E-state index >= 15 is 0 Å². The first-order chi connectivity index (χ1) is 20.2. The molecule has 0 unspecified atom stereocenters. The van der Waals surface area contributed by atoms with Crippen molar-refractivity contribution in [3.63, 3.8) is 0 Å². The Bertz CT molecular complexity index is 1720. The zero-order chi connectivity index (χ0) is 33.2. The number of hydrogen-bond acceptors (Lipinski definition) is 5. The molecule has 0 bridgehead atoms. The van der Waals surface area contributed by atoms with E-state index in [9.17, 15) is 30.4 Å². The summed E-state index contributed by atoms with van der Waals surface area (Å²) in [6.45, 7) is 12.3. The van der Waals surface area contributed by atoms with Gasteiger partial charge in [-0.3, -0.25) is 4.55 Å². The third-order valence-corrected chi connectivity index (χ3v) is 6.87. The van der Waals surface area contributed by atoms with Crippen molar-refractivity contribution < 1.29 is 44.4 Å². The summed E-state index contributed by atoms with van der Waals surface area (Å²) < 4.78 is 103. The van der Waals surface area contributed by atoms with E-state index in [0.29, 0.717) is 0 Å². The molecular formula is C32H31F5O5S2. The van der Waals surface area contributed by atoms with Gasteiger partial charge in [0.1, 0.15) is 22.7 Å². The highest BCUT2D eigenvalue weighted by Crippen LogP contribution is 2.38. The van der Waals surface area contributed by atoms with Crippen molar-refractivity contribution in [2.75, 3.05) is 0 Å². The van der Waals surface area contributed by atoms with Crippen molar-refractivity contribution >= 4 is 22.7 Å². The number of ether oxygens (including phenoxy) is 2. The summed E-state index contributed by atoms with van der Waals surface area (Å²) in [7, 11) is -5.52. The highest BCUT2D eigenvalue weighted by molar-refractivity contribution is 7.85. The standard InChI is InChI=1S/C26H30O2S.C6HF5O3S/c1-25(2,3)27-20-14-10-18(11-15-20)22-8-7-9-23(29)24(22)19-12-16-21(17-13-19)28-26(4,5)6;7-1-2(8)4(10)6(15(12,13)14)5(11)3(1)9/h7-17,29H,1-6H3;(H,12,13,14).